The lowest BCUT2D eigenvalue weighted by Crippen LogP contribution is -2.34. The monoisotopic (exact) mass is 528 g/mol. The van der Waals surface area contributed by atoms with Gasteiger partial charge in [0.05, 0.1) is 36.9 Å². The standard InChI is InChI=1S/C29H32N6O2S/c1-34(2)15-8-12-26(36)35-16-13-23-25(17-35)38-29-27(23)28(31-20-32-29)33-24(21-9-4-3-5-10-21)19-37-18-22-11-6-7-14-30-22/h3-12,14,20,24H,13,15-19H2,1-2H3,(H,31,32,33)/b12-8+/t24-/m1/s1. The average molecular weight is 529 g/mol. The van der Waals surface area contributed by atoms with Gasteiger partial charge in [0.25, 0.3) is 0 Å². The van der Waals surface area contributed by atoms with Crippen molar-refractivity contribution < 1.29 is 9.53 Å². The van der Waals surface area contributed by atoms with Crippen LogP contribution >= 0.6 is 11.3 Å². The molecule has 1 aliphatic rings. The smallest absolute Gasteiger partial charge is 0.246 e. The molecule has 4 heterocycles. The van der Waals surface area contributed by atoms with E-state index < -0.39 is 0 Å². The van der Waals surface area contributed by atoms with Crippen molar-refractivity contribution in [1.82, 2.24) is 24.8 Å². The molecule has 38 heavy (non-hydrogen) atoms. The first-order valence-corrected chi connectivity index (χ1v) is 13.5. The number of hydrogen-bond donors (Lipinski definition) is 1. The van der Waals surface area contributed by atoms with E-state index in [-0.39, 0.29) is 11.9 Å². The number of carbonyl (C=O) groups excluding carboxylic acids is 1. The van der Waals surface area contributed by atoms with E-state index in [1.54, 1.807) is 29.9 Å². The zero-order valence-electron chi connectivity index (χ0n) is 21.7. The number of anilines is 1. The van der Waals surface area contributed by atoms with Crippen molar-refractivity contribution in [2.24, 2.45) is 0 Å². The molecule has 0 bridgehead atoms. The average Bonchev–Trinajstić information content (AvgIpc) is 3.32. The number of rotatable bonds is 10. The number of nitrogens with one attached hydrogen (secondary N) is 1. The molecule has 0 unspecified atom stereocenters. The summed E-state index contributed by atoms with van der Waals surface area (Å²) in [4.78, 5) is 32.4. The third-order valence-electron chi connectivity index (χ3n) is 6.45. The lowest BCUT2D eigenvalue weighted by atomic mass is 10.0. The van der Waals surface area contributed by atoms with Gasteiger partial charge in [0.1, 0.15) is 17.0 Å². The molecule has 9 heteroatoms. The van der Waals surface area contributed by atoms with Crippen LogP contribution < -0.4 is 5.32 Å². The van der Waals surface area contributed by atoms with Gasteiger partial charge in [0, 0.05) is 30.2 Å². The van der Waals surface area contributed by atoms with E-state index in [2.05, 4.69) is 32.4 Å². The second-order valence-electron chi connectivity index (χ2n) is 9.52. The quantitative estimate of drug-likeness (QED) is 0.304. The van der Waals surface area contributed by atoms with Crippen LogP contribution in [0, 0.1) is 0 Å². The molecule has 1 aliphatic heterocycles. The zero-order valence-corrected chi connectivity index (χ0v) is 22.5. The maximum atomic E-state index is 12.7. The molecule has 5 rings (SSSR count). The summed E-state index contributed by atoms with van der Waals surface area (Å²) in [5.41, 5.74) is 3.24. The molecular formula is C29H32N6O2S. The van der Waals surface area contributed by atoms with Crippen LogP contribution in [0.15, 0.2) is 73.2 Å². The van der Waals surface area contributed by atoms with Crippen LogP contribution in [0.3, 0.4) is 0 Å². The number of likely N-dealkylation sites (N-methyl/N-ethyl adjacent to an activating group) is 1. The van der Waals surface area contributed by atoms with Crippen molar-refractivity contribution in [2.75, 3.05) is 39.1 Å². The molecule has 3 aromatic heterocycles. The molecule has 0 aliphatic carbocycles. The Balaban J connectivity index is 1.35. The molecule has 8 nitrogen and oxygen atoms in total. The van der Waals surface area contributed by atoms with Gasteiger partial charge in [-0.25, -0.2) is 9.97 Å². The molecule has 196 valence electrons. The van der Waals surface area contributed by atoms with Gasteiger partial charge in [0.2, 0.25) is 5.91 Å². The molecule has 1 amide bonds. The Morgan fingerprint density at radius 2 is 2.00 bits per heavy atom. The van der Waals surface area contributed by atoms with Crippen molar-refractivity contribution in [3.63, 3.8) is 0 Å². The number of pyridine rings is 1. The van der Waals surface area contributed by atoms with Gasteiger partial charge in [-0.3, -0.25) is 9.78 Å². The molecule has 0 spiro atoms. The summed E-state index contributed by atoms with van der Waals surface area (Å²) < 4.78 is 6.08. The van der Waals surface area contributed by atoms with Crippen LogP contribution in [0.4, 0.5) is 5.82 Å². The number of nitrogens with zero attached hydrogens (tertiary/aromatic N) is 5. The third-order valence-corrected chi connectivity index (χ3v) is 7.58. The second kappa shape index (κ2) is 12.3. The molecule has 1 atom stereocenters. The van der Waals surface area contributed by atoms with Crippen LogP contribution in [0.2, 0.25) is 0 Å². The van der Waals surface area contributed by atoms with Crippen molar-refractivity contribution in [3.8, 4) is 0 Å². The number of thiophene rings is 1. The largest absolute Gasteiger partial charge is 0.373 e. The summed E-state index contributed by atoms with van der Waals surface area (Å²) in [5.74, 6) is 0.849. The Kier molecular flexibility index (Phi) is 8.37. The number of aromatic nitrogens is 3. The van der Waals surface area contributed by atoms with Crippen LogP contribution in [-0.2, 0) is 29.1 Å². The highest BCUT2D eigenvalue weighted by Gasteiger charge is 2.26. The highest BCUT2D eigenvalue weighted by Crippen LogP contribution is 2.38. The minimum Gasteiger partial charge on any atom is -0.373 e. The van der Waals surface area contributed by atoms with E-state index in [0.29, 0.717) is 26.3 Å². The molecule has 4 aromatic rings. The van der Waals surface area contributed by atoms with E-state index in [4.69, 9.17) is 4.74 Å². The number of carbonyl (C=O) groups is 1. The molecule has 1 N–H and O–H groups in total. The lowest BCUT2D eigenvalue weighted by molar-refractivity contribution is -0.126. The molecule has 1 aromatic carbocycles. The van der Waals surface area contributed by atoms with Gasteiger partial charge in [0.15, 0.2) is 0 Å². The predicted molar refractivity (Wildman–Crippen MR) is 151 cm³/mol. The fourth-order valence-electron chi connectivity index (χ4n) is 4.53. The van der Waals surface area contributed by atoms with Crippen LogP contribution in [0.25, 0.3) is 10.2 Å². The third kappa shape index (κ3) is 6.24. The zero-order chi connectivity index (χ0) is 26.3. The molecule has 0 fully saturated rings. The topological polar surface area (TPSA) is 83.5 Å². The van der Waals surface area contributed by atoms with Crippen molar-refractivity contribution in [3.05, 3.63) is 94.9 Å². The van der Waals surface area contributed by atoms with Crippen molar-refractivity contribution >= 4 is 33.3 Å². The van der Waals surface area contributed by atoms with Crippen molar-refractivity contribution in [2.45, 2.75) is 25.6 Å². The van der Waals surface area contributed by atoms with Crippen LogP contribution in [0.1, 0.15) is 27.7 Å². The van der Waals surface area contributed by atoms with Crippen LogP contribution in [0.5, 0.6) is 0 Å². The summed E-state index contributed by atoms with van der Waals surface area (Å²) in [7, 11) is 3.97. The van der Waals surface area contributed by atoms with Gasteiger partial charge in [-0.15, -0.1) is 11.3 Å². The summed E-state index contributed by atoms with van der Waals surface area (Å²) >= 11 is 1.64. The highest BCUT2D eigenvalue weighted by atomic mass is 32.1. The molecule has 0 saturated carbocycles. The van der Waals surface area contributed by atoms with Crippen LogP contribution in [-0.4, -0.2) is 64.5 Å². The van der Waals surface area contributed by atoms with E-state index in [0.717, 1.165) is 40.3 Å². The second-order valence-corrected chi connectivity index (χ2v) is 10.6. The first kappa shape index (κ1) is 26.0. The number of amides is 1. The summed E-state index contributed by atoms with van der Waals surface area (Å²) in [6, 6.07) is 16.0. The Labute approximate surface area is 227 Å². The van der Waals surface area contributed by atoms with Gasteiger partial charge in [-0.05, 0) is 43.8 Å². The Hall–Kier alpha value is -3.66. The van der Waals surface area contributed by atoms with Gasteiger partial charge < -0.3 is 19.9 Å². The minimum atomic E-state index is -0.0999. The number of fused-ring (bicyclic) bond motifs is 3. The molecule has 0 saturated heterocycles. The SMILES string of the molecule is CN(C)C/C=C/C(=O)N1CCc2c(sc3ncnc(N[C@H](COCc4ccccn4)c4ccccc4)c23)C1. The number of hydrogen-bond acceptors (Lipinski definition) is 8. The summed E-state index contributed by atoms with van der Waals surface area (Å²) in [6.07, 6.45) is 7.75. The molecule has 0 radical (unpaired) electrons. The highest BCUT2D eigenvalue weighted by molar-refractivity contribution is 7.19. The minimum absolute atomic E-state index is 0.0496. The molecular weight excluding hydrogens is 496 g/mol. The Bertz CT molecular complexity index is 1390. The predicted octanol–water partition coefficient (Wildman–Crippen LogP) is 4.46. The normalized spacial score (nSPS) is 14.2. The fourth-order valence-corrected chi connectivity index (χ4v) is 5.73. The van der Waals surface area contributed by atoms with Gasteiger partial charge >= 0.3 is 0 Å². The van der Waals surface area contributed by atoms with Gasteiger partial charge in [-0.2, -0.15) is 0 Å². The van der Waals surface area contributed by atoms with Gasteiger partial charge in [-0.1, -0.05) is 42.5 Å². The van der Waals surface area contributed by atoms with E-state index in [9.17, 15) is 4.79 Å². The Morgan fingerprint density at radius 3 is 2.79 bits per heavy atom. The summed E-state index contributed by atoms with van der Waals surface area (Å²) in [5, 5.41) is 4.70. The lowest BCUT2D eigenvalue weighted by Gasteiger charge is -2.26. The first-order valence-electron chi connectivity index (χ1n) is 12.7. The van der Waals surface area contributed by atoms with Crippen molar-refractivity contribution in [1.29, 1.82) is 0 Å². The fraction of sp³-hybridized carbons (Fsp3) is 0.310. The Morgan fingerprint density at radius 1 is 1.16 bits per heavy atom. The number of ether oxygens (including phenoxy) is 1. The maximum Gasteiger partial charge on any atom is 0.246 e. The number of benzene rings is 1. The first-order chi connectivity index (χ1) is 18.6. The van der Waals surface area contributed by atoms with E-state index >= 15 is 0 Å². The summed E-state index contributed by atoms with van der Waals surface area (Å²) in [6.45, 7) is 2.90. The maximum absolute atomic E-state index is 12.7. The van der Waals surface area contributed by atoms with E-state index in [1.807, 2.05) is 66.4 Å². The van der Waals surface area contributed by atoms with E-state index in [1.165, 1.54) is 10.4 Å².